The van der Waals surface area contributed by atoms with E-state index < -0.39 is 12.6 Å². The number of aliphatic carboxylic acids is 1. The maximum Gasteiger partial charge on any atom is 0.341 e. The zero-order valence-electron chi connectivity index (χ0n) is 15.6. The normalized spacial score (nSPS) is 10.5. The van der Waals surface area contributed by atoms with Crippen LogP contribution >= 0.6 is 55.2 Å². The Kier molecular flexibility index (Phi) is 8.45. The summed E-state index contributed by atoms with van der Waals surface area (Å²) in [6.07, 6.45) is 2.19. The van der Waals surface area contributed by atoms with E-state index in [2.05, 4.69) is 62.2 Å². The highest BCUT2D eigenvalue weighted by Crippen LogP contribution is 2.32. The molecule has 0 atom stereocenters. The van der Waals surface area contributed by atoms with Crippen LogP contribution in [-0.2, 0) is 4.79 Å². The van der Waals surface area contributed by atoms with Gasteiger partial charge in [0, 0.05) is 19.6 Å². The average Bonchev–Trinajstić information content (AvgIpc) is 2.70. The molecule has 7 heteroatoms. The topological polar surface area (TPSA) is 46.5 Å². The fourth-order valence-corrected chi connectivity index (χ4v) is 4.67. The van der Waals surface area contributed by atoms with Crippen molar-refractivity contribution in [3.63, 3.8) is 0 Å². The second kappa shape index (κ2) is 11.0. The fraction of sp³-hybridized carbons (Fsp3) is 0.0870. The van der Waals surface area contributed by atoms with E-state index >= 15 is 0 Å². The molecule has 0 radical (unpaired) electrons. The Balaban J connectivity index is 1.79. The molecular weight excluding hydrogens is 552 g/mol. The number of ether oxygens (including phenoxy) is 1. The number of carboxylic acids is 1. The maximum atomic E-state index is 10.6. The Labute approximate surface area is 201 Å². The molecule has 3 nitrogen and oxygen atoms in total. The van der Waals surface area contributed by atoms with Crippen LogP contribution < -0.4 is 4.74 Å². The molecule has 0 aromatic heterocycles. The molecule has 0 heterocycles. The standard InChI is InChI=1S/C23H17Br2ClO3S/c24-17-5-1-3-15(11-17)20(16-4-2-6-18(25)12-16)9-10-30-19-7-8-22(21(26)13-19)29-14-23(27)28/h1-9,11-13H,10,14H2,(H,27,28). The van der Waals surface area contributed by atoms with Crippen molar-refractivity contribution < 1.29 is 14.6 Å². The van der Waals surface area contributed by atoms with Gasteiger partial charge in [-0.15, -0.1) is 11.8 Å². The van der Waals surface area contributed by atoms with Crippen molar-refractivity contribution in [1.82, 2.24) is 0 Å². The third kappa shape index (κ3) is 6.64. The van der Waals surface area contributed by atoms with Gasteiger partial charge in [-0.1, -0.05) is 73.8 Å². The van der Waals surface area contributed by atoms with Gasteiger partial charge in [0.05, 0.1) is 5.02 Å². The number of hydrogen-bond donors (Lipinski definition) is 1. The first-order valence-electron chi connectivity index (χ1n) is 8.91. The number of hydrogen-bond acceptors (Lipinski definition) is 3. The lowest BCUT2D eigenvalue weighted by Crippen LogP contribution is -2.09. The van der Waals surface area contributed by atoms with E-state index in [1.807, 2.05) is 30.3 Å². The Morgan fingerprint density at radius 3 is 2.17 bits per heavy atom. The van der Waals surface area contributed by atoms with Crippen LogP contribution in [0.2, 0.25) is 5.02 Å². The molecule has 0 saturated carbocycles. The predicted molar refractivity (Wildman–Crippen MR) is 131 cm³/mol. The number of carbonyl (C=O) groups is 1. The van der Waals surface area contributed by atoms with Crippen LogP contribution in [0.15, 0.2) is 86.6 Å². The Morgan fingerprint density at radius 2 is 1.63 bits per heavy atom. The van der Waals surface area contributed by atoms with Crippen LogP contribution in [0.3, 0.4) is 0 Å². The van der Waals surface area contributed by atoms with Crippen molar-refractivity contribution in [3.05, 3.63) is 97.9 Å². The third-order valence-corrected chi connectivity index (χ3v) is 6.27. The SMILES string of the molecule is O=C(O)COc1ccc(SCC=C(c2cccc(Br)c2)c2cccc(Br)c2)cc1Cl. The lowest BCUT2D eigenvalue weighted by atomic mass is 9.98. The third-order valence-electron chi connectivity index (χ3n) is 4.06. The van der Waals surface area contributed by atoms with Gasteiger partial charge in [0.15, 0.2) is 6.61 Å². The van der Waals surface area contributed by atoms with Crippen LogP contribution in [0.1, 0.15) is 11.1 Å². The summed E-state index contributed by atoms with van der Waals surface area (Å²) in [7, 11) is 0. The number of halogens is 3. The molecule has 0 bridgehead atoms. The molecule has 3 rings (SSSR count). The Bertz CT molecular complexity index is 1040. The van der Waals surface area contributed by atoms with Crippen LogP contribution in [0, 0.1) is 0 Å². The molecule has 3 aromatic rings. The summed E-state index contributed by atoms with van der Waals surface area (Å²) in [6, 6.07) is 21.8. The summed E-state index contributed by atoms with van der Waals surface area (Å²) in [4.78, 5) is 11.6. The van der Waals surface area contributed by atoms with Gasteiger partial charge in [-0.3, -0.25) is 0 Å². The highest BCUT2D eigenvalue weighted by molar-refractivity contribution is 9.10. The largest absolute Gasteiger partial charge is 0.480 e. The molecule has 0 aliphatic rings. The summed E-state index contributed by atoms with van der Waals surface area (Å²) < 4.78 is 7.22. The number of thioether (sulfide) groups is 1. The molecule has 0 saturated heterocycles. The van der Waals surface area contributed by atoms with E-state index in [-0.39, 0.29) is 0 Å². The van der Waals surface area contributed by atoms with Crippen LogP contribution in [0.4, 0.5) is 0 Å². The lowest BCUT2D eigenvalue weighted by Gasteiger charge is -2.11. The van der Waals surface area contributed by atoms with E-state index in [4.69, 9.17) is 21.4 Å². The molecule has 30 heavy (non-hydrogen) atoms. The highest BCUT2D eigenvalue weighted by Gasteiger charge is 2.08. The Morgan fingerprint density at radius 1 is 1.00 bits per heavy atom. The quantitative estimate of drug-likeness (QED) is 0.285. The number of carboxylic acid groups (broad SMARTS) is 1. The minimum absolute atomic E-state index is 0.364. The van der Waals surface area contributed by atoms with Crippen LogP contribution in [-0.4, -0.2) is 23.4 Å². The van der Waals surface area contributed by atoms with Crippen molar-refractivity contribution in [2.45, 2.75) is 4.90 Å². The molecule has 0 amide bonds. The lowest BCUT2D eigenvalue weighted by molar-refractivity contribution is -0.139. The van der Waals surface area contributed by atoms with Crippen LogP contribution in [0.5, 0.6) is 5.75 Å². The zero-order valence-corrected chi connectivity index (χ0v) is 20.4. The van der Waals surface area contributed by atoms with Gasteiger partial charge in [-0.05, 0) is 59.2 Å². The molecule has 154 valence electrons. The monoisotopic (exact) mass is 566 g/mol. The Hall–Kier alpha value is -1.73. The summed E-state index contributed by atoms with van der Waals surface area (Å²) in [5.41, 5.74) is 3.38. The van der Waals surface area contributed by atoms with E-state index in [0.717, 1.165) is 36.3 Å². The molecule has 3 aromatic carbocycles. The van der Waals surface area contributed by atoms with E-state index in [0.29, 0.717) is 10.8 Å². The van der Waals surface area contributed by atoms with Crippen molar-refractivity contribution in [2.24, 2.45) is 0 Å². The molecule has 0 aliphatic carbocycles. The van der Waals surface area contributed by atoms with Gasteiger partial charge in [0.25, 0.3) is 0 Å². The summed E-state index contributed by atoms with van der Waals surface area (Å²) in [5, 5.41) is 9.12. The smallest absolute Gasteiger partial charge is 0.341 e. The predicted octanol–water partition coefficient (Wildman–Crippen LogP) is 7.55. The van der Waals surface area contributed by atoms with Gasteiger partial charge in [0.1, 0.15) is 5.75 Å². The first-order chi connectivity index (χ1) is 14.4. The van der Waals surface area contributed by atoms with Crippen molar-refractivity contribution >= 4 is 66.8 Å². The van der Waals surface area contributed by atoms with Crippen molar-refractivity contribution in [3.8, 4) is 5.75 Å². The molecule has 0 unspecified atom stereocenters. The van der Waals surface area contributed by atoms with Crippen molar-refractivity contribution in [2.75, 3.05) is 12.4 Å². The summed E-state index contributed by atoms with van der Waals surface area (Å²) in [5.74, 6) is 0.0604. The molecule has 0 aliphatic heterocycles. The minimum Gasteiger partial charge on any atom is -0.480 e. The average molecular weight is 569 g/mol. The number of benzene rings is 3. The van der Waals surface area contributed by atoms with E-state index in [9.17, 15) is 4.79 Å². The summed E-state index contributed by atoms with van der Waals surface area (Å²) in [6.45, 7) is -0.419. The van der Waals surface area contributed by atoms with Gasteiger partial charge in [-0.25, -0.2) is 4.79 Å². The number of rotatable bonds is 8. The molecule has 1 N–H and O–H groups in total. The molecule has 0 spiro atoms. The van der Waals surface area contributed by atoms with Gasteiger partial charge >= 0.3 is 5.97 Å². The fourth-order valence-electron chi connectivity index (χ4n) is 2.76. The first kappa shape index (κ1) is 22.9. The minimum atomic E-state index is -1.04. The van der Waals surface area contributed by atoms with Crippen molar-refractivity contribution in [1.29, 1.82) is 0 Å². The van der Waals surface area contributed by atoms with E-state index in [1.165, 1.54) is 0 Å². The molecule has 0 fully saturated rings. The van der Waals surface area contributed by atoms with Gasteiger partial charge in [-0.2, -0.15) is 0 Å². The maximum absolute atomic E-state index is 10.6. The zero-order chi connectivity index (χ0) is 21.5. The van der Waals surface area contributed by atoms with Gasteiger partial charge in [0.2, 0.25) is 0 Å². The van der Waals surface area contributed by atoms with E-state index in [1.54, 1.807) is 23.9 Å². The second-order valence-electron chi connectivity index (χ2n) is 6.22. The van der Waals surface area contributed by atoms with Gasteiger partial charge < -0.3 is 9.84 Å². The molecular formula is C23H17Br2ClO3S. The summed E-state index contributed by atoms with van der Waals surface area (Å²) >= 11 is 15.0. The highest BCUT2D eigenvalue weighted by atomic mass is 79.9. The van der Waals surface area contributed by atoms with Crippen LogP contribution in [0.25, 0.3) is 5.57 Å². The second-order valence-corrected chi connectivity index (χ2v) is 9.56. The first-order valence-corrected chi connectivity index (χ1v) is 11.9.